The molecule has 0 bridgehead atoms. The third kappa shape index (κ3) is 6.68. The van der Waals surface area contributed by atoms with Crippen molar-refractivity contribution in [3.05, 3.63) is 59.0 Å². The van der Waals surface area contributed by atoms with Gasteiger partial charge in [-0.1, -0.05) is 31.8 Å². The van der Waals surface area contributed by atoms with E-state index in [4.69, 9.17) is 9.72 Å². The first-order valence-electron chi connectivity index (χ1n) is 12.6. The fraction of sp³-hybridized carbons (Fsp3) is 0.556. The predicted octanol–water partition coefficient (Wildman–Crippen LogP) is 4.08. The van der Waals surface area contributed by atoms with Gasteiger partial charge in [-0.05, 0) is 61.1 Å². The molecule has 2 aliphatic rings. The van der Waals surface area contributed by atoms with Crippen molar-refractivity contribution in [1.82, 2.24) is 15.6 Å². The number of pyridine rings is 1. The molecule has 1 aliphatic heterocycles. The predicted molar refractivity (Wildman–Crippen MR) is 138 cm³/mol. The summed E-state index contributed by atoms with van der Waals surface area (Å²) in [5, 5.41) is 17.5. The van der Waals surface area contributed by atoms with E-state index in [-0.39, 0.29) is 23.4 Å². The largest absolute Gasteiger partial charge is 0.471 e. The smallest absolute Gasteiger partial charge is 0.218 e. The maximum Gasteiger partial charge on any atom is 0.218 e. The van der Waals surface area contributed by atoms with Crippen LogP contribution in [0.2, 0.25) is 19.6 Å². The summed E-state index contributed by atoms with van der Waals surface area (Å²) in [5.74, 6) is 0.138. The van der Waals surface area contributed by atoms with Gasteiger partial charge < -0.3 is 20.5 Å². The van der Waals surface area contributed by atoms with Gasteiger partial charge in [0.1, 0.15) is 11.4 Å². The summed E-state index contributed by atoms with van der Waals surface area (Å²) in [6.45, 7) is 8.76. The Morgan fingerprint density at radius 2 is 2.06 bits per heavy atom. The third-order valence-electron chi connectivity index (χ3n) is 6.97. The van der Waals surface area contributed by atoms with Crippen LogP contribution in [0.25, 0.3) is 0 Å². The van der Waals surface area contributed by atoms with E-state index in [1.807, 2.05) is 6.20 Å². The molecule has 1 saturated carbocycles. The van der Waals surface area contributed by atoms with E-state index < -0.39 is 20.2 Å². The number of nitrogens with one attached hydrogen (secondary N) is 2. The molecule has 1 spiro atoms. The molecule has 3 atom stereocenters. The minimum atomic E-state index is -1.31. The van der Waals surface area contributed by atoms with Crippen molar-refractivity contribution in [2.24, 2.45) is 0 Å². The van der Waals surface area contributed by atoms with Crippen LogP contribution in [0.5, 0.6) is 5.88 Å². The van der Waals surface area contributed by atoms with Crippen molar-refractivity contribution in [3.63, 3.8) is 0 Å². The van der Waals surface area contributed by atoms with E-state index in [2.05, 4.69) is 36.3 Å². The molecule has 1 aliphatic carbocycles. The Labute approximate surface area is 208 Å². The number of halogens is 1. The van der Waals surface area contributed by atoms with E-state index in [9.17, 15) is 14.3 Å². The Morgan fingerprint density at radius 1 is 1.29 bits per heavy atom. The standard InChI is InChI=1S/C27H38FN3O3Si/c1-18(32)31-23(13-19-7-5-8-21(28)11-19)25(33)16-29-24-14-27(9-6-10-27)34-26-22(24)12-20(15-30-26)17-35(2,3)4/h5,7-8,11-12,15,23-25,29,33H,6,9-10,13-14,16-17H2,1-4H3,(H,31,32)/t23-,24-,25-/m0/s1. The molecule has 1 aromatic heterocycles. The summed E-state index contributed by atoms with van der Waals surface area (Å²) >= 11 is 0. The lowest BCUT2D eigenvalue weighted by molar-refractivity contribution is -0.120. The van der Waals surface area contributed by atoms with Crippen molar-refractivity contribution in [1.29, 1.82) is 0 Å². The number of ether oxygens (including phenoxy) is 1. The summed E-state index contributed by atoms with van der Waals surface area (Å²) in [6, 6.07) is 9.01. The highest BCUT2D eigenvalue weighted by Crippen LogP contribution is 2.48. The minimum Gasteiger partial charge on any atom is -0.471 e. The molecular weight excluding hydrogens is 461 g/mol. The molecule has 3 N–H and O–H groups in total. The summed E-state index contributed by atoms with van der Waals surface area (Å²) in [4.78, 5) is 16.5. The molecular formula is C27H38FN3O3Si. The summed E-state index contributed by atoms with van der Waals surface area (Å²) in [7, 11) is -1.31. The second-order valence-electron chi connectivity index (χ2n) is 11.5. The van der Waals surface area contributed by atoms with E-state index in [0.717, 1.165) is 42.9 Å². The lowest BCUT2D eigenvalue weighted by atomic mass is 9.73. The van der Waals surface area contributed by atoms with Crippen LogP contribution in [0.15, 0.2) is 36.5 Å². The summed E-state index contributed by atoms with van der Waals surface area (Å²) in [6.07, 6.45) is 5.46. The highest BCUT2D eigenvalue weighted by atomic mass is 28.3. The zero-order valence-corrected chi connectivity index (χ0v) is 22.2. The van der Waals surface area contributed by atoms with Gasteiger partial charge in [0.25, 0.3) is 0 Å². The molecule has 1 fully saturated rings. The zero-order chi connectivity index (χ0) is 25.2. The first-order chi connectivity index (χ1) is 16.5. The van der Waals surface area contributed by atoms with Crippen LogP contribution in [0.3, 0.4) is 0 Å². The lowest BCUT2D eigenvalue weighted by Crippen LogP contribution is -2.52. The SMILES string of the molecule is CC(=O)N[C@@H](Cc1cccc(F)c1)[C@@H](O)CN[C@H]1CC2(CCC2)Oc2ncc(C[Si](C)(C)C)cc21. The molecule has 4 rings (SSSR count). The number of aliphatic hydroxyl groups excluding tert-OH is 1. The average molecular weight is 500 g/mol. The minimum absolute atomic E-state index is 0.00920. The van der Waals surface area contributed by atoms with Crippen molar-refractivity contribution in [2.45, 2.75) is 88.5 Å². The molecule has 1 aromatic carbocycles. The Kier molecular flexibility index (Phi) is 7.64. The number of rotatable bonds is 9. The second-order valence-corrected chi connectivity index (χ2v) is 17.0. The van der Waals surface area contributed by atoms with Gasteiger partial charge >= 0.3 is 0 Å². The van der Waals surface area contributed by atoms with Gasteiger partial charge in [0.15, 0.2) is 0 Å². The van der Waals surface area contributed by atoms with Crippen LogP contribution in [0, 0.1) is 5.82 Å². The molecule has 2 aromatic rings. The maximum absolute atomic E-state index is 13.7. The van der Waals surface area contributed by atoms with Crippen molar-refractivity contribution in [2.75, 3.05) is 6.54 Å². The van der Waals surface area contributed by atoms with Crippen molar-refractivity contribution in [3.8, 4) is 5.88 Å². The fourth-order valence-electron chi connectivity index (χ4n) is 5.21. The van der Waals surface area contributed by atoms with Crippen LogP contribution in [0.4, 0.5) is 4.39 Å². The van der Waals surface area contributed by atoms with E-state index in [1.54, 1.807) is 12.1 Å². The maximum atomic E-state index is 13.7. The van der Waals surface area contributed by atoms with Crippen LogP contribution in [0.1, 0.15) is 55.3 Å². The van der Waals surface area contributed by atoms with Gasteiger partial charge in [-0.2, -0.15) is 0 Å². The molecule has 190 valence electrons. The number of aliphatic hydroxyl groups is 1. The van der Waals surface area contributed by atoms with Crippen molar-refractivity contribution < 1.29 is 19.0 Å². The molecule has 0 saturated heterocycles. The fourth-order valence-corrected chi connectivity index (χ4v) is 6.63. The van der Waals surface area contributed by atoms with Gasteiger partial charge in [0.05, 0.1) is 12.1 Å². The van der Waals surface area contributed by atoms with Crippen LogP contribution in [-0.4, -0.2) is 48.4 Å². The zero-order valence-electron chi connectivity index (χ0n) is 21.2. The summed E-state index contributed by atoms with van der Waals surface area (Å²) < 4.78 is 20.1. The monoisotopic (exact) mass is 499 g/mol. The van der Waals surface area contributed by atoms with Crippen LogP contribution in [-0.2, 0) is 17.3 Å². The molecule has 1 amide bonds. The number of amides is 1. The van der Waals surface area contributed by atoms with E-state index in [1.165, 1.54) is 24.6 Å². The number of carbonyl (C=O) groups excluding carboxylic acids is 1. The van der Waals surface area contributed by atoms with E-state index in [0.29, 0.717) is 18.8 Å². The Balaban J connectivity index is 1.50. The number of benzene rings is 1. The lowest BCUT2D eigenvalue weighted by Gasteiger charge is -2.47. The Morgan fingerprint density at radius 3 is 2.69 bits per heavy atom. The number of hydrogen-bond acceptors (Lipinski definition) is 5. The number of fused-ring (bicyclic) bond motifs is 1. The molecule has 6 nitrogen and oxygen atoms in total. The van der Waals surface area contributed by atoms with Gasteiger partial charge in [-0.25, -0.2) is 9.37 Å². The molecule has 2 heterocycles. The van der Waals surface area contributed by atoms with Crippen LogP contribution >= 0.6 is 0 Å². The quantitative estimate of drug-likeness (QED) is 0.453. The number of carbonyl (C=O) groups is 1. The molecule has 8 heteroatoms. The van der Waals surface area contributed by atoms with Crippen LogP contribution < -0.4 is 15.4 Å². The third-order valence-corrected chi connectivity index (χ3v) is 8.44. The first kappa shape index (κ1) is 25.8. The number of aromatic nitrogens is 1. The number of hydrogen-bond donors (Lipinski definition) is 3. The average Bonchev–Trinajstić information content (AvgIpc) is 2.74. The Bertz CT molecular complexity index is 1050. The highest BCUT2D eigenvalue weighted by Gasteiger charge is 2.46. The molecule has 0 unspecified atom stereocenters. The topological polar surface area (TPSA) is 83.5 Å². The van der Waals surface area contributed by atoms with Gasteiger partial charge in [0.2, 0.25) is 11.8 Å². The van der Waals surface area contributed by atoms with Gasteiger partial charge in [-0.15, -0.1) is 0 Å². The second kappa shape index (κ2) is 10.4. The van der Waals surface area contributed by atoms with Crippen molar-refractivity contribution >= 4 is 14.0 Å². The normalized spacial score (nSPS) is 20.3. The summed E-state index contributed by atoms with van der Waals surface area (Å²) in [5.41, 5.74) is 2.83. The van der Waals surface area contributed by atoms with Gasteiger partial charge in [-0.3, -0.25) is 4.79 Å². The van der Waals surface area contributed by atoms with Gasteiger partial charge in [0, 0.05) is 45.8 Å². The van der Waals surface area contributed by atoms with E-state index >= 15 is 0 Å². The first-order valence-corrected chi connectivity index (χ1v) is 16.3. The number of nitrogens with zero attached hydrogens (tertiary/aromatic N) is 1. The molecule has 35 heavy (non-hydrogen) atoms. The highest BCUT2D eigenvalue weighted by molar-refractivity contribution is 6.75. The Hall–Kier alpha value is -2.29. The molecule has 0 radical (unpaired) electrons.